The Kier molecular flexibility index (Phi) is 6.75. The summed E-state index contributed by atoms with van der Waals surface area (Å²) in [7, 11) is 0. The van der Waals surface area contributed by atoms with Gasteiger partial charge in [0.2, 0.25) is 0 Å². The average molecular weight is 283 g/mol. The van der Waals surface area contributed by atoms with Crippen LogP contribution in [0.4, 0.5) is 0 Å². The van der Waals surface area contributed by atoms with Gasteiger partial charge >= 0.3 is 0 Å². The van der Waals surface area contributed by atoms with Gasteiger partial charge in [0.05, 0.1) is 6.61 Å². The minimum atomic E-state index is 0.578. The molecule has 2 aliphatic heterocycles. The number of ether oxygens (including phenoxy) is 1. The molecule has 2 rings (SSSR count). The molecule has 2 aliphatic rings. The van der Waals surface area contributed by atoms with Gasteiger partial charge < -0.3 is 10.1 Å². The van der Waals surface area contributed by atoms with Crippen LogP contribution in [0.2, 0.25) is 0 Å². The first-order valence-corrected chi connectivity index (χ1v) is 8.55. The number of hydrogen-bond donors (Lipinski definition) is 1. The summed E-state index contributed by atoms with van der Waals surface area (Å²) in [6.45, 7) is 14.7. The lowest BCUT2D eigenvalue weighted by Gasteiger charge is -2.45. The Bertz CT molecular complexity index is 266. The van der Waals surface area contributed by atoms with E-state index in [2.05, 4.69) is 35.9 Å². The van der Waals surface area contributed by atoms with E-state index in [9.17, 15) is 0 Å². The largest absolute Gasteiger partial charge is 0.380 e. The van der Waals surface area contributed by atoms with Gasteiger partial charge in [0.1, 0.15) is 0 Å². The average Bonchev–Trinajstić information content (AvgIpc) is 2.52. The minimum Gasteiger partial charge on any atom is -0.380 e. The summed E-state index contributed by atoms with van der Waals surface area (Å²) in [5, 5.41) is 3.73. The SMILES string of the molecule is CCCNC1CCOCC1N1CCN(C(C)CC)CC1. The zero-order valence-electron chi connectivity index (χ0n) is 13.6. The standard InChI is InChI=1S/C16H33N3O/c1-4-7-17-15-6-12-20-13-16(15)19-10-8-18(9-11-19)14(3)5-2/h14-17H,4-13H2,1-3H3. The first-order chi connectivity index (χ1) is 9.76. The molecule has 118 valence electrons. The van der Waals surface area contributed by atoms with E-state index < -0.39 is 0 Å². The Labute approximate surface area is 124 Å². The lowest BCUT2D eigenvalue weighted by molar-refractivity contribution is -0.0242. The fourth-order valence-electron chi connectivity index (χ4n) is 3.42. The fraction of sp³-hybridized carbons (Fsp3) is 1.00. The Morgan fingerprint density at radius 1 is 1.20 bits per heavy atom. The van der Waals surface area contributed by atoms with Gasteiger partial charge in [-0.3, -0.25) is 9.80 Å². The molecule has 0 aliphatic carbocycles. The van der Waals surface area contributed by atoms with Crippen molar-refractivity contribution in [1.29, 1.82) is 0 Å². The van der Waals surface area contributed by atoms with Crippen LogP contribution in [0.5, 0.6) is 0 Å². The zero-order valence-corrected chi connectivity index (χ0v) is 13.6. The van der Waals surface area contributed by atoms with E-state index in [1.807, 2.05) is 0 Å². The Morgan fingerprint density at radius 2 is 1.95 bits per heavy atom. The molecule has 2 fully saturated rings. The molecule has 4 heteroatoms. The van der Waals surface area contributed by atoms with Crippen LogP contribution in [-0.2, 0) is 4.74 Å². The van der Waals surface area contributed by atoms with E-state index >= 15 is 0 Å². The van der Waals surface area contributed by atoms with Crippen LogP contribution >= 0.6 is 0 Å². The van der Waals surface area contributed by atoms with Gasteiger partial charge in [-0.05, 0) is 32.7 Å². The first kappa shape index (κ1) is 16.2. The molecular weight excluding hydrogens is 250 g/mol. The monoisotopic (exact) mass is 283 g/mol. The van der Waals surface area contributed by atoms with Crippen LogP contribution in [-0.4, -0.2) is 73.9 Å². The fourth-order valence-corrected chi connectivity index (χ4v) is 3.42. The zero-order chi connectivity index (χ0) is 14.4. The summed E-state index contributed by atoms with van der Waals surface area (Å²) in [5.41, 5.74) is 0. The van der Waals surface area contributed by atoms with Crippen LogP contribution in [0.25, 0.3) is 0 Å². The van der Waals surface area contributed by atoms with Gasteiger partial charge in [-0.25, -0.2) is 0 Å². The normalized spacial score (nSPS) is 31.4. The van der Waals surface area contributed by atoms with Crippen molar-refractivity contribution in [3.8, 4) is 0 Å². The number of nitrogens with one attached hydrogen (secondary N) is 1. The van der Waals surface area contributed by atoms with Gasteiger partial charge in [0.15, 0.2) is 0 Å². The van der Waals surface area contributed by atoms with Gasteiger partial charge in [-0.2, -0.15) is 0 Å². The number of hydrogen-bond acceptors (Lipinski definition) is 4. The van der Waals surface area contributed by atoms with Crippen LogP contribution in [0, 0.1) is 0 Å². The van der Waals surface area contributed by atoms with E-state index in [1.165, 1.54) is 39.0 Å². The molecule has 2 saturated heterocycles. The van der Waals surface area contributed by atoms with Crippen molar-refractivity contribution >= 4 is 0 Å². The van der Waals surface area contributed by atoms with Gasteiger partial charge in [0, 0.05) is 50.9 Å². The summed E-state index contributed by atoms with van der Waals surface area (Å²) in [4.78, 5) is 5.29. The highest BCUT2D eigenvalue weighted by molar-refractivity contribution is 4.90. The third kappa shape index (κ3) is 4.17. The second-order valence-corrected chi connectivity index (χ2v) is 6.32. The van der Waals surface area contributed by atoms with Crippen molar-refractivity contribution in [1.82, 2.24) is 15.1 Å². The van der Waals surface area contributed by atoms with Crippen molar-refractivity contribution in [2.24, 2.45) is 0 Å². The molecule has 0 aromatic rings. The lowest BCUT2D eigenvalue weighted by Crippen LogP contribution is -2.60. The van der Waals surface area contributed by atoms with Crippen molar-refractivity contribution in [3.05, 3.63) is 0 Å². The van der Waals surface area contributed by atoms with Gasteiger partial charge in [0.25, 0.3) is 0 Å². The molecule has 0 aromatic heterocycles. The van der Waals surface area contributed by atoms with E-state index in [0.29, 0.717) is 12.1 Å². The second kappa shape index (κ2) is 8.32. The molecule has 4 nitrogen and oxygen atoms in total. The maximum Gasteiger partial charge on any atom is 0.0637 e. The van der Waals surface area contributed by atoms with Crippen molar-refractivity contribution in [2.75, 3.05) is 45.9 Å². The smallest absolute Gasteiger partial charge is 0.0637 e. The molecule has 2 heterocycles. The predicted molar refractivity (Wildman–Crippen MR) is 84.2 cm³/mol. The number of piperazine rings is 1. The summed E-state index contributed by atoms with van der Waals surface area (Å²) in [5.74, 6) is 0. The quantitative estimate of drug-likeness (QED) is 0.801. The highest BCUT2D eigenvalue weighted by Crippen LogP contribution is 2.18. The molecule has 0 bridgehead atoms. The second-order valence-electron chi connectivity index (χ2n) is 6.32. The molecular formula is C16H33N3O. The van der Waals surface area contributed by atoms with Gasteiger partial charge in [-0.15, -0.1) is 0 Å². The summed E-state index contributed by atoms with van der Waals surface area (Å²) < 4.78 is 5.75. The summed E-state index contributed by atoms with van der Waals surface area (Å²) in [6, 6.07) is 1.93. The predicted octanol–water partition coefficient (Wildman–Crippen LogP) is 1.56. The van der Waals surface area contributed by atoms with Crippen LogP contribution in [0.1, 0.15) is 40.0 Å². The lowest BCUT2D eigenvalue weighted by atomic mass is 10.0. The third-order valence-corrected chi connectivity index (χ3v) is 5.01. The summed E-state index contributed by atoms with van der Waals surface area (Å²) >= 11 is 0. The van der Waals surface area contributed by atoms with E-state index in [4.69, 9.17) is 4.74 Å². The minimum absolute atomic E-state index is 0.578. The topological polar surface area (TPSA) is 27.7 Å². The number of nitrogens with zero attached hydrogens (tertiary/aromatic N) is 2. The molecule has 0 spiro atoms. The van der Waals surface area contributed by atoms with Crippen LogP contribution < -0.4 is 5.32 Å². The van der Waals surface area contributed by atoms with E-state index in [0.717, 1.165) is 32.2 Å². The van der Waals surface area contributed by atoms with E-state index in [-0.39, 0.29) is 0 Å². The highest BCUT2D eigenvalue weighted by Gasteiger charge is 2.32. The van der Waals surface area contributed by atoms with Gasteiger partial charge in [-0.1, -0.05) is 13.8 Å². The molecule has 3 atom stereocenters. The maximum atomic E-state index is 5.75. The molecule has 0 radical (unpaired) electrons. The van der Waals surface area contributed by atoms with Crippen molar-refractivity contribution < 1.29 is 4.74 Å². The van der Waals surface area contributed by atoms with Crippen molar-refractivity contribution in [3.63, 3.8) is 0 Å². The molecule has 0 aromatic carbocycles. The molecule has 20 heavy (non-hydrogen) atoms. The first-order valence-electron chi connectivity index (χ1n) is 8.55. The molecule has 3 unspecified atom stereocenters. The third-order valence-electron chi connectivity index (χ3n) is 5.01. The maximum absolute atomic E-state index is 5.75. The highest BCUT2D eigenvalue weighted by atomic mass is 16.5. The Hall–Kier alpha value is -0.160. The number of rotatable bonds is 6. The van der Waals surface area contributed by atoms with Crippen LogP contribution in [0.3, 0.4) is 0 Å². The van der Waals surface area contributed by atoms with Crippen molar-refractivity contribution in [2.45, 2.75) is 58.2 Å². The summed E-state index contributed by atoms with van der Waals surface area (Å²) in [6.07, 6.45) is 3.63. The van der Waals surface area contributed by atoms with Crippen LogP contribution in [0.15, 0.2) is 0 Å². The molecule has 0 saturated carbocycles. The van der Waals surface area contributed by atoms with E-state index in [1.54, 1.807) is 0 Å². The molecule has 0 amide bonds. The Balaban J connectivity index is 1.84. The Morgan fingerprint density at radius 3 is 2.60 bits per heavy atom. The molecule has 1 N–H and O–H groups in total.